The largest absolute Gasteiger partial charge is 0.478 e. The maximum absolute atomic E-state index is 10.3. The molecule has 0 aliphatic rings. The molecule has 5 heteroatoms. The van der Waals surface area contributed by atoms with Crippen LogP contribution in [0.3, 0.4) is 0 Å². The van der Waals surface area contributed by atoms with Crippen LogP contribution in [0.4, 0.5) is 0 Å². The van der Waals surface area contributed by atoms with Crippen molar-refractivity contribution in [2.45, 2.75) is 19.4 Å². The van der Waals surface area contributed by atoms with Crippen LogP contribution in [0.15, 0.2) is 24.3 Å². The predicted octanol–water partition coefficient (Wildman–Crippen LogP) is 1.79. The van der Waals surface area contributed by atoms with Gasteiger partial charge in [-0.15, -0.1) is 0 Å². The van der Waals surface area contributed by atoms with E-state index in [0.717, 1.165) is 0 Å². The normalized spacial score (nSPS) is 10.3. The Morgan fingerprint density at radius 3 is 1.94 bits per heavy atom. The molecule has 0 fully saturated rings. The fourth-order valence-electron chi connectivity index (χ4n) is 0.592. The molecule has 90 valence electrons. The predicted molar refractivity (Wildman–Crippen MR) is 61.8 cm³/mol. The summed E-state index contributed by atoms with van der Waals surface area (Å²) in [6, 6.07) is 6.02. The van der Waals surface area contributed by atoms with E-state index in [1.807, 2.05) is 0 Å². The maximum Gasteiger partial charge on any atom is 0.335 e. The van der Waals surface area contributed by atoms with E-state index in [2.05, 4.69) is 0 Å². The second-order valence-electron chi connectivity index (χ2n) is 3.78. The molecule has 0 unspecified atom stereocenters. The number of rotatable bonds is 2. The quantitative estimate of drug-likeness (QED) is 0.744. The van der Waals surface area contributed by atoms with Crippen LogP contribution in [0.5, 0.6) is 0 Å². The Kier molecular flexibility index (Phi) is 6.03. The van der Waals surface area contributed by atoms with Crippen LogP contribution < -0.4 is 0 Å². The van der Waals surface area contributed by atoms with Crippen LogP contribution in [-0.2, 0) is 0 Å². The topological polar surface area (TPSA) is 77.8 Å². The second-order valence-corrected chi connectivity index (χ2v) is 4.22. The van der Waals surface area contributed by atoms with Crippen molar-refractivity contribution in [1.29, 1.82) is 0 Å². The van der Waals surface area contributed by atoms with Crippen LogP contribution >= 0.6 is 11.6 Å². The van der Waals surface area contributed by atoms with Gasteiger partial charge in [0.05, 0.1) is 17.8 Å². The Morgan fingerprint density at radius 2 is 1.69 bits per heavy atom. The van der Waals surface area contributed by atoms with Gasteiger partial charge in [-0.3, -0.25) is 0 Å². The smallest absolute Gasteiger partial charge is 0.335 e. The van der Waals surface area contributed by atoms with Gasteiger partial charge in [-0.05, 0) is 38.1 Å². The number of carboxylic acid groups (broad SMARTS) is 1. The average Bonchev–Trinajstić information content (AvgIpc) is 2.18. The third-order valence-electron chi connectivity index (χ3n) is 1.48. The first-order valence-electron chi connectivity index (χ1n) is 4.58. The zero-order valence-electron chi connectivity index (χ0n) is 9.14. The van der Waals surface area contributed by atoms with Gasteiger partial charge in [-0.2, -0.15) is 0 Å². The molecule has 0 radical (unpaired) electrons. The summed E-state index contributed by atoms with van der Waals surface area (Å²) in [5.74, 6) is -0.934. The first-order chi connectivity index (χ1) is 7.26. The van der Waals surface area contributed by atoms with Gasteiger partial charge in [0, 0.05) is 5.02 Å². The molecule has 1 aromatic carbocycles. The van der Waals surface area contributed by atoms with E-state index in [9.17, 15) is 4.79 Å². The number of hydrogen-bond donors (Lipinski definition) is 3. The van der Waals surface area contributed by atoms with Gasteiger partial charge in [0.15, 0.2) is 0 Å². The lowest BCUT2D eigenvalue weighted by Crippen LogP contribution is -2.23. The van der Waals surface area contributed by atoms with E-state index in [-0.39, 0.29) is 12.2 Å². The van der Waals surface area contributed by atoms with E-state index in [0.29, 0.717) is 5.02 Å². The minimum absolute atomic E-state index is 0.174. The molecule has 0 atom stereocenters. The molecule has 4 nitrogen and oxygen atoms in total. The lowest BCUT2D eigenvalue weighted by molar-refractivity contribution is 0.0183. The highest BCUT2D eigenvalue weighted by Gasteiger charge is 2.07. The SMILES string of the molecule is CC(C)(O)CO.O=C(O)c1ccc(Cl)cc1. The highest BCUT2D eigenvalue weighted by atomic mass is 35.5. The number of aliphatic hydroxyl groups is 2. The summed E-state index contributed by atoms with van der Waals surface area (Å²) < 4.78 is 0. The first kappa shape index (κ1) is 14.9. The van der Waals surface area contributed by atoms with Crippen molar-refractivity contribution in [2.75, 3.05) is 6.61 Å². The summed E-state index contributed by atoms with van der Waals surface area (Å²) >= 11 is 5.52. The van der Waals surface area contributed by atoms with Gasteiger partial charge < -0.3 is 15.3 Å². The van der Waals surface area contributed by atoms with Crippen molar-refractivity contribution in [3.8, 4) is 0 Å². The molecule has 0 aliphatic carbocycles. The zero-order chi connectivity index (χ0) is 12.8. The molecule has 0 saturated heterocycles. The molecule has 0 amide bonds. The number of aliphatic hydroxyl groups excluding tert-OH is 1. The molecular weight excluding hydrogens is 232 g/mol. The molecule has 0 aromatic heterocycles. The van der Waals surface area contributed by atoms with Gasteiger partial charge in [-0.1, -0.05) is 11.6 Å². The highest BCUT2D eigenvalue weighted by Crippen LogP contribution is 2.08. The molecule has 16 heavy (non-hydrogen) atoms. The standard InChI is InChI=1S/C7H5ClO2.C4H10O2/c8-6-3-1-5(2-4-6)7(9)10;1-4(2,6)3-5/h1-4H,(H,9,10);5-6H,3H2,1-2H3. The maximum atomic E-state index is 10.3. The minimum atomic E-state index is -0.934. The van der Waals surface area contributed by atoms with E-state index >= 15 is 0 Å². The lowest BCUT2D eigenvalue weighted by atomic mass is 10.2. The Hall–Kier alpha value is -1.10. The van der Waals surface area contributed by atoms with Gasteiger partial charge in [0.1, 0.15) is 0 Å². The van der Waals surface area contributed by atoms with Crippen molar-refractivity contribution in [2.24, 2.45) is 0 Å². The Balaban J connectivity index is 0.000000325. The van der Waals surface area contributed by atoms with Crippen molar-refractivity contribution in [3.05, 3.63) is 34.9 Å². The van der Waals surface area contributed by atoms with Gasteiger partial charge in [0.2, 0.25) is 0 Å². The lowest BCUT2D eigenvalue weighted by Gasteiger charge is -2.10. The third-order valence-corrected chi connectivity index (χ3v) is 1.73. The van der Waals surface area contributed by atoms with Crippen molar-refractivity contribution in [3.63, 3.8) is 0 Å². The molecule has 3 N–H and O–H groups in total. The zero-order valence-corrected chi connectivity index (χ0v) is 9.90. The van der Waals surface area contributed by atoms with Gasteiger partial charge in [-0.25, -0.2) is 4.79 Å². The summed E-state index contributed by atoms with van der Waals surface area (Å²) in [5.41, 5.74) is -0.649. The van der Waals surface area contributed by atoms with E-state index in [4.69, 9.17) is 26.9 Å². The van der Waals surface area contributed by atoms with Crippen LogP contribution in [0.25, 0.3) is 0 Å². The van der Waals surface area contributed by atoms with E-state index in [1.165, 1.54) is 12.1 Å². The number of hydrogen-bond acceptors (Lipinski definition) is 3. The summed E-state index contributed by atoms with van der Waals surface area (Å²) in [6.07, 6.45) is 0. The third kappa shape index (κ3) is 7.23. The molecule has 1 rings (SSSR count). The van der Waals surface area contributed by atoms with Crippen molar-refractivity contribution >= 4 is 17.6 Å². The average molecular weight is 247 g/mol. The monoisotopic (exact) mass is 246 g/mol. The van der Waals surface area contributed by atoms with Crippen LogP contribution in [0.1, 0.15) is 24.2 Å². The Labute approximate surface area is 99.1 Å². The molecule has 0 spiro atoms. The van der Waals surface area contributed by atoms with Crippen molar-refractivity contribution in [1.82, 2.24) is 0 Å². The molecule has 1 aromatic rings. The highest BCUT2D eigenvalue weighted by molar-refractivity contribution is 6.30. The second kappa shape index (κ2) is 6.48. The van der Waals surface area contributed by atoms with Gasteiger partial charge >= 0.3 is 5.97 Å². The molecule has 0 bridgehead atoms. The summed E-state index contributed by atoms with van der Waals surface area (Å²) in [7, 11) is 0. The summed E-state index contributed by atoms with van der Waals surface area (Å²) in [6.45, 7) is 2.92. The number of halogens is 1. The fraction of sp³-hybridized carbons (Fsp3) is 0.364. The van der Waals surface area contributed by atoms with E-state index < -0.39 is 11.6 Å². The van der Waals surface area contributed by atoms with E-state index in [1.54, 1.807) is 26.0 Å². The number of carbonyl (C=O) groups is 1. The van der Waals surface area contributed by atoms with Crippen LogP contribution in [-0.4, -0.2) is 33.5 Å². The van der Waals surface area contributed by atoms with Crippen LogP contribution in [0.2, 0.25) is 5.02 Å². The Bertz CT molecular complexity index is 327. The minimum Gasteiger partial charge on any atom is -0.478 e. The van der Waals surface area contributed by atoms with Crippen molar-refractivity contribution < 1.29 is 20.1 Å². The summed E-state index contributed by atoms with van der Waals surface area (Å²) in [4.78, 5) is 10.3. The number of carboxylic acids is 1. The molecule has 0 heterocycles. The molecule has 0 saturated carbocycles. The summed E-state index contributed by atoms with van der Waals surface area (Å²) in [5, 5.41) is 25.7. The van der Waals surface area contributed by atoms with Crippen LogP contribution in [0, 0.1) is 0 Å². The number of aromatic carboxylic acids is 1. The fourth-order valence-corrected chi connectivity index (χ4v) is 0.718. The Morgan fingerprint density at radius 1 is 1.31 bits per heavy atom. The molecule has 0 aliphatic heterocycles. The van der Waals surface area contributed by atoms with Gasteiger partial charge in [0.25, 0.3) is 0 Å². The first-order valence-corrected chi connectivity index (χ1v) is 4.96. The molecular formula is C11H15ClO4. The number of benzene rings is 1.